The third-order valence-corrected chi connectivity index (χ3v) is 4.26. The average Bonchev–Trinajstić information content (AvgIpc) is 2.93. The van der Waals surface area contributed by atoms with Crippen LogP contribution >= 0.6 is 11.8 Å². The molecule has 0 radical (unpaired) electrons. The topological polar surface area (TPSA) is 51.5 Å². The number of hydrogen-bond acceptors (Lipinski definition) is 5. The van der Waals surface area contributed by atoms with Crippen LogP contribution in [0.4, 0.5) is 0 Å². The maximum absolute atomic E-state index is 11.1. The van der Waals surface area contributed by atoms with E-state index in [0.29, 0.717) is 6.42 Å². The second-order valence-electron chi connectivity index (χ2n) is 4.70. The third kappa shape index (κ3) is 4.51. The summed E-state index contributed by atoms with van der Waals surface area (Å²) < 4.78 is 10.6. The minimum atomic E-state index is -0.161. The largest absolute Gasteiger partial charge is 0.469 e. The lowest BCUT2D eigenvalue weighted by Crippen LogP contribution is -2.22. The van der Waals surface area contributed by atoms with Crippen molar-refractivity contribution in [1.29, 1.82) is 0 Å². The molecule has 0 aliphatic carbocycles. The van der Waals surface area contributed by atoms with Crippen LogP contribution in [0.2, 0.25) is 0 Å². The summed E-state index contributed by atoms with van der Waals surface area (Å²) in [6, 6.07) is 10.3. The summed E-state index contributed by atoms with van der Waals surface area (Å²) in [5.41, 5.74) is 0.912. The second kappa shape index (κ2) is 8.10. The van der Waals surface area contributed by atoms with Crippen molar-refractivity contribution < 1.29 is 13.9 Å². The number of hydrogen-bond donors (Lipinski definition) is 1. The summed E-state index contributed by atoms with van der Waals surface area (Å²) >= 11 is 1.73. The van der Waals surface area contributed by atoms with E-state index in [1.165, 1.54) is 7.11 Å². The van der Waals surface area contributed by atoms with E-state index >= 15 is 0 Å². The van der Waals surface area contributed by atoms with E-state index in [9.17, 15) is 4.79 Å². The van der Waals surface area contributed by atoms with Gasteiger partial charge in [0.15, 0.2) is 0 Å². The summed E-state index contributed by atoms with van der Waals surface area (Å²) in [7, 11) is 1.42. The Kier molecular flexibility index (Phi) is 6.14. The molecule has 5 heteroatoms. The summed E-state index contributed by atoms with van der Waals surface area (Å²) in [6.07, 6.45) is 0.445. The first kappa shape index (κ1) is 15.9. The first-order chi connectivity index (χ1) is 10.2. The van der Waals surface area contributed by atoms with Gasteiger partial charge in [0.05, 0.1) is 19.6 Å². The molecule has 2 aromatic rings. The summed E-state index contributed by atoms with van der Waals surface area (Å²) in [6.45, 7) is 2.95. The Hall–Kier alpha value is -1.46. The van der Waals surface area contributed by atoms with E-state index in [2.05, 4.69) is 29.1 Å². The van der Waals surface area contributed by atoms with Crippen LogP contribution in [0.3, 0.4) is 0 Å². The Labute approximate surface area is 129 Å². The number of thioether (sulfide) groups is 1. The number of esters is 1. The van der Waals surface area contributed by atoms with E-state index in [0.717, 1.165) is 34.8 Å². The summed E-state index contributed by atoms with van der Waals surface area (Å²) in [4.78, 5) is 11.1. The van der Waals surface area contributed by atoms with Gasteiger partial charge in [-0.15, -0.1) is 0 Å². The molecule has 21 heavy (non-hydrogen) atoms. The number of para-hydroxylation sites is 1. The highest BCUT2D eigenvalue weighted by molar-refractivity contribution is 7.99. The molecule has 0 bridgehead atoms. The number of fused-ring (bicyclic) bond motifs is 1. The molecule has 1 aromatic heterocycles. The van der Waals surface area contributed by atoms with Gasteiger partial charge in [-0.1, -0.05) is 25.1 Å². The summed E-state index contributed by atoms with van der Waals surface area (Å²) in [5, 5.41) is 4.55. The number of methoxy groups -OCH3 is 1. The molecule has 1 unspecified atom stereocenters. The fourth-order valence-corrected chi connectivity index (χ4v) is 3.12. The zero-order valence-corrected chi connectivity index (χ0v) is 13.2. The van der Waals surface area contributed by atoms with E-state index in [1.807, 2.05) is 18.2 Å². The maximum Gasteiger partial charge on any atom is 0.306 e. The van der Waals surface area contributed by atoms with Crippen LogP contribution < -0.4 is 5.32 Å². The average molecular weight is 307 g/mol. The number of nitrogens with one attached hydrogen (secondary N) is 1. The number of furan rings is 1. The Morgan fingerprint density at radius 3 is 2.95 bits per heavy atom. The molecule has 0 saturated heterocycles. The van der Waals surface area contributed by atoms with Crippen molar-refractivity contribution in [2.45, 2.75) is 19.4 Å². The van der Waals surface area contributed by atoms with Crippen LogP contribution in [0.1, 0.15) is 25.1 Å². The van der Waals surface area contributed by atoms with Gasteiger partial charge in [0.1, 0.15) is 11.3 Å². The molecule has 0 saturated carbocycles. The van der Waals surface area contributed by atoms with Crippen molar-refractivity contribution >= 4 is 28.7 Å². The van der Waals surface area contributed by atoms with Gasteiger partial charge in [0, 0.05) is 16.9 Å². The van der Waals surface area contributed by atoms with Gasteiger partial charge in [0.2, 0.25) is 0 Å². The van der Waals surface area contributed by atoms with Crippen molar-refractivity contribution in [1.82, 2.24) is 5.32 Å². The zero-order valence-electron chi connectivity index (χ0n) is 12.4. The minimum Gasteiger partial charge on any atom is -0.469 e. The highest BCUT2D eigenvalue weighted by Crippen LogP contribution is 2.26. The van der Waals surface area contributed by atoms with Crippen LogP contribution in [0, 0.1) is 0 Å². The molecule has 0 aliphatic heterocycles. The molecule has 1 N–H and O–H groups in total. The molecule has 0 aliphatic rings. The smallest absolute Gasteiger partial charge is 0.306 e. The Morgan fingerprint density at radius 1 is 1.43 bits per heavy atom. The molecule has 0 amide bonds. The van der Waals surface area contributed by atoms with Crippen LogP contribution in [-0.4, -0.2) is 31.1 Å². The third-order valence-electron chi connectivity index (χ3n) is 3.20. The normalized spacial score (nSPS) is 12.5. The SMILES string of the molecule is CCNC(CSCCC(=O)OC)c1cc2ccccc2o1. The number of rotatable bonds is 8. The Morgan fingerprint density at radius 2 is 2.24 bits per heavy atom. The van der Waals surface area contributed by atoms with E-state index in [4.69, 9.17) is 4.42 Å². The standard InChI is InChI=1S/C16H21NO3S/c1-3-17-13(11-21-9-8-16(18)19-2)15-10-12-6-4-5-7-14(12)20-15/h4-7,10,13,17H,3,8-9,11H2,1-2H3. The monoisotopic (exact) mass is 307 g/mol. The lowest BCUT2D eigenvalue weighted by molar-refractivity contribution is -0.140. The molecular formula is C16H21NO3S. The van der Waals surface area contributed by atoms with Crippen molar-refractivity contribution in [2.24, 2.45) is 0 Å². The first-order valence-corrected chi connectivity index (χ1v) is 8.26. The molecular weight excluding hydrogens is 286 g/mol. The number of carbonyl (C=O) groups excluding carboxylic acids is 1. The lowest BCUT2D eigenvalue weighted by Gasteiger charge is -2.14. The van der Waals surface area contributed by atoms with Crippen molar-refractivity contribution in [3.05, 3.63) is 36.1 Å². The highest BCUT2D eigenvalue weighted by Gasteiger charge is 2.15. The second-order valence-corrected chi connectivity index (χ2v) is 5.85. The Balaban J connectivity index is 1.96. The highest BCUT2D eigenvalue weighted by atomic mass is 32.2. The van der Waals surface area contributed by atoms with E-state index < -0.39 is 0 Å². The van der Waals surface area contributed by atoms with E-state index in [1.54, 1.807) is 11.8 Å². The van der Waals surface area contributed by atoms with Gasteiger partial charge in [-0.3, -0.25) is 4.79 Å². The van der Waals surface area contributed by atoms with Gasteiger partial charge < -0.3 is 14.5 Å². The van der Waals surface area contributed by atoms with Gasteiger partial charge in [-0.25, -0.2) is 0 Å². The first-order valence-electron chi connectivity index (χ1n) is 7.11. The van der Waals surface area contributed by atoms with Crippen LogP contribution in [0.15, 0.2) is 34.7 Å². The minimum absolute atomic E-state index is 0.157. The van der Waals surface area contributed by atoms with Gasteiger partial charge in [-0.2, -0.15) is 11.8 Å². The van der Waals surface area contributed by atoms with Crippen LogP contribution in [0.25, 0.3) is 11.0 Å². The zero-order chi connectivity index (χ0) is 15.1. The Bertz CT molecular complexity index is 549. The number of benzene rings is 1. The fourth-order valence-electron chi connectivity index (χ4n) is 2.12. The number of carbonyl (C=O) groups is 1. The predicted molar refractivity (Wildman–Crippen MR) is 86.6 cm³/mol. The quantitative estimate of drug-likeness (QED) is 0.598. The molecule has 1 atom stereocenters. The fraction of sp³-hybridized carbons (Fsp3) is 0.438. The van der Waals surface area contributed by atoms with Crippen molar-refractivity contribution in [3.8, 4) is 0 Å². The molecule has 4 nitrogen and oxygen atoms in total. The number of ether oxygens (including phenoxy) is 1. The molecule has 0 fully saturated rings. The van der Waals surface area contributed by atoms with Gasteiger partial charge >= 0.3 is 5.97 Å². The molecule has 2 rings (SSSR count). The van der Waals surface area contributed by atoms with E-state index in [-0.39, 0.29) is 12.0 Å². The molecule has 1 heterocycles. The van der Waals surface area contributed by atoms with Gasteiger partial charge in [-0.05, 0) is 18.7 Å². The van der Waals surface area contributed by atoms with Gasteiger partial charge in [0.25, 0.3) is 0 Å². The molecule has 1 aromatic carbocycles. The maximum atomic E-state index is 11.1. The van der Waals surface area contributed by atoms with Crippen LogP contribution in [-0.2, 0) is 9.53 Å². The van der Waals surface area contributed by atoms with Crippen molar-refractivity contribution in [3.63, 3.8) is 0 Å². The lowest BCUT2D eigenvalue weighted by atomic mass is 10.2. The summed E-state index contributed by atoms with van der Waals surface area (Å²) in [5.74, 6) is 2.41. The van der Waals surface area contributed by atoms with Crippen molar-refractivity contribution in [2.75, 3.05) is 25.2 Å². The van der Waals surface area contributed by atoms with Crippen LogP contribution in [0.5, 0.6) is 0 Å². The molecule has 114 valence electrons. The molecule has 0 spiro atoms. The predicted octanol–water partition coefficient (Wildman–Crippen LogP) is 3.38.